The highest BCUT2D eigenvalue weighted by molar-refractivity contribution is 5.83. The first-order valence-electron chi connectivity index (χ1n) is 9.60. The van der Waals surface area contributed by atoms with E-state index in [1.165, 1.54) is 5.56 Å². The third-order valence-electron chi connectivity index (χ3n) is 5.60. The Morgan fingerprint density at radius 1 is 1.24 bits per heavy atom. The van der Waals surface area contributed by atoms with Gasteiger partial charge in [-0.2, -0.15) is 0 Å². The first kappa shape index (κ1) is 18.4. The first-order valence-corrected chi connectivity index (χ1v) is 9.60. The Hall–Kier alpha value is -1.43. The number of benzene rings is 1. The van der Waals surface area contributed by atoms with E-state index in [1.807, 2.05) is 4.90 Å². The van der Waals surface area contributed by atoms with Crippen molar-refractivity contribution in [3.63, 3.8) is 0 Å². The number of aliphatic hydroxyl groups is 1. The summed E-state index contributed by atoms with van der Waals surface area (Å²) in [6, 6.07) is 8.55. The maximum Gasteiger partial charge on any atom is 0.244 e. The standard InChI is InChI=1S/C20H31N3O2/c1-3-17-14-21-10-13-23(17)19(16-6-4-15(2)5-7-16)20(25)22-11-8-18(24)9-12-22/h4-7,17-19,21,24H,3,8-14H2,1-2H3. The molecule has 2 heterocycles. The molecular weight excluding hydrogens is 314 g/mol. The fraction of sp³-hybridized carbons (Fsp3) is 0.650. The summed E-state index contributed by atoms with van der Waals surface area (Å²) >= 11 is 0. The minimum atomic E-state index is -0.260. The zero-order chi connectivity index (χ0) is 17.8. The van der Waals surface area contributed by atoms with E-state index in [4.69, 9.17) is 0 Å². The molecule has 5 nitrogen and oxygen atoms in total. The van der Waals surface area contributed by atoms with Gasteiger partial charge in [0.1, 0.15) is 6.04 Å². The summed E-state index contributed by atoms with van der Waals surface area (Å²) in [7, 11) is 0. The van der Waals surface area contributed by atoms with E-state index in [1.54, 1.807) is 0 Å². The molecule has 2 fully saturated rings. The molecule has 3 rings (SSSR count). The highest BCUT2D eigenvalue weighted by Crippen LogP contribution is 2.29. The van der Waals surface area contributed by atoms with Crippen molar-refractivity contribution in [2.75, 3.05) is 32.7 Å². The predicted octanol–water partition coefficient (Wildman–Crippen LogP) is 1.70. The van der Waals surface area contributed by atoms with Gasteiger partial charge in [-0.3, -0.25) is 9.69 Å². The number of hydrogen-bond donors (Lipinski definition) is 2. The van der Waals surface area contributed by atoms with Crippen molar-refractivity contribution in [2.45, 2.75) is 51.3 Å². The smallest absolute Gasteiger partial charge is 0.244 e. The number of piperazine rings is 1. The number of piperidine rings is 1. The zero-order valence-electron chi connectivity index (χ0n) is 15.4. The lowest BCUT2D eigenvalue weighted by molar-refractivity contribution is -0.141. The zero-order valence-corrected chi connectivity index (χ0v) is 15.4. The van der Waals surface area contributed by atoms with Crippen LogP contribution in [-0.2, 0) is 4.79 Å². The molecular formula is C20H31N3O2. The Morgan fingerprint density at radius 2 is 1.92 bits per heavy atom. The van der Waals surface area contributed by atoms with Crippen LogP contribution in [-0.4, -0.2) is 65.7 Å². The molecule has 5 heteroatoms. The van der Waals surface area contributed by atoms with Crippen molar-refractivity contribution in [3.05, 3.63) is 35.4 Å². The number of aryl methyl sites for hydroxylation is 1. The molecule has 1 aromatic carbocycles. The van der Waals surface area contributed by atoms with Crippen LogP contribution in [0.25, 0.3) is 0 Å². The molecule has 2 aliphatic rings. The van der Waals surface area contributed by atoms with Crippen LogP contribution in [0, 0.1) is 6.92 Å². The molecule has 0 spiro atoms. The summed E-state index contributed by atoms with van der Waals surface area (Å²) in [5.74, 6) is 0.191. The van der Waals surface area contributed by atoms with E-state index in [2.05, 4.69) is 48.3 Å². The van der Waals surface area contributed by atoms with Crippen LogP contribution in [0.4, 0.5) is 0 Å². The monoisotopic (exact) mass is 345 g/mol. The number of likely N-dealkylation sites (tertiary alicyclic amines) is 1. The Bertz CT molecular complexity index is 567. The molecule has 0 bridgehead atoms. The molecule has 138 valence electrons. The van der Waals surface area contributed by atoms with Crippen LogP contribution in [0.2, 0.25) is 0 Å². The molecule has 2 saturated heterocycles. The van der Waals surface area contributed by atoms with Gasteiger partial charge < -0.3 is 15.3 Å². The maximum absolute atomic E-state index is 13.4. The Labute approximate surface area is 151 Å². The number of amides is 1. The second-order valence-corrected chi connectivity index (χ2v) is 7.37. The molecule has 0 aliphatic carbocycles. The number of nitrogens with one attached hydrogen (secondary N) is 1. The number of nitrogens with zero attached hydrogens (tertiary/aromatic N) is 2. The van der Waals surface area contributed by atoms with Crippen molar-refractivity contribution in [3.8, 4) is 0 Å². The summed E-state index contributed by atoms with van der Waals surface area (Å²) in [5.41, 5.74) is 2.30. The van der Waals surface area contributed by atoms with Gasteiger partial charge in [0.25, 0.3) is 0 Å². The van der Waals surface area contributed by atoms with E-state index >= 15 is 0 Å². The molecule has 25 heavy (non-hydrogen) atoms. The molecule has 0 aromatic heterocycles. The number of aliphatic hydroxyl groups excluding tert-OH is 1. The van der Waals surface area contributed by atoms with Crippen molar-refractivity contribution < 1.29 is 9.90 Å². The second-order valence-electron chi connectivity index (χ2n) is 7.37. The molecule has 2 unspecified atom stereocenters. The second kappa shape index (κ2) is 8.30. The molecule has 0 saturated carbocycles. The largest absolute Gasteiger partial charge is 0.393 e. The summed E-state index contributed by atoms with van der Waals surface area (Å²) in [5, 5.41) is 13.2. The van der Waals surface area contributed by atoms with Gasteiger partial charge in [-0.05, 0) is 31.7 Å². The van der Waals surface area contributed by atoms with Crippen molar-refractivity contribution in [2.24, 2.45) is 0 Å². The first-order chi connectivity index (χ1) is 12.1. The van der Waals surface area contributed by atoms with Crippen molar-refractivity contribution >= 4 is 5.91 Å². The van der Waals surface area contributed by atoms with E-state index < -0.39 is 0 Å². The number of rotatable bonds is 4. The highest BCUT2D eigenvalue weighted by atomic mass is 16.3. The van der Waals surface area contributed by atoms with E-state index in [9.17, 15) is 9.90 Å². The van der Waals surface area contributed by atoms with Crippen LogP contribution in [0.1, 0.15) is 43.4 Å². The van der Waals surface area contributed by atoms with E-state index in [0.717, 1.165) is 31.6 Å². The summed E-state index contributed by atoms with van der Waals surface area (Å²) < 4.78 is 0. The highest BCUT2D eigenvalue weighted by Gasteiger charge is 2.36. The summed E-state index contributed by atoms with van der Waals surface area (Å²) in [6.45, 7) is 8.33. The minimum Gasteiger partial charge on any atom is -0.393 e. The molecule has 2 N–H and O–H groups in total. The van der Waals surface area contributed by atoms with Gasteiger partial charge in [-0.15, -0.1) is 0 Å². The van der Waals surface area contributed by atoms with Crippen molar-refractivity contribution in [1.82, 2.24) is 15.1 Å². The average molecular weight is 345 g/mol. The summed E-state index contributed by atoms with van der Waals surface area (Å²) in [6.07, 6.45) is 2.14. The fourth-order valence-corrected chi connectivity index (χ4v) is 3.98. The Balaban J connectivity index is 1.88. The van der Waals surface area contributed by atoms with Gasteiger partial charge in [-0.25, -0.2) is 0 Å². The van der Waals surface area contributed by atoms with Gasteiger partial charge in [0.2, 0.25) is 5.91 Å². The van der Waals surface area contributed by atoms with Crippen LogP contribution in [0.15, 0.2) is 24.3 Å². The fourth-order valence-electron chi connectivity index (χ4n) is 3.98. The van der Waals surface area contributed by atoms with E-state index in [-0.39, 0.29) is 18.1 Å². The van der Waals surface area contributed by atoms with E-state index in [0.29, 0.717) is 32.0 Å². The van der Waals surface area contributed by atoms with Crippen LogP contribution in [0.5, 0.6) is 0 Å². The molecule has 1 amide bonds. The van der Waals surface area contributed by atoms with Crippen LogP contribution < -0.4 is 5.32 Å². The molecule has 1 aromatic rings. The van der Waals surface area contributed by atoms with Gasteiger partial charge in [0, 0.05) is 38.8 Å². The lowest BCUT2D eigenvalue weighted by atomic mass is 9.97. The third kappa shape index (κ3) is 4.22. The lowest BCUT2D eigenvalue weighted by Gasteiger charge is -2.43. The average Bonchev–Trinajstić information content (AvgIpc) is 2.64. The van der Waals surface area contributed by atoms with Gasteiger partial charge in [-0.1, -0.05) is 36.8 Å². The minimum absolute atomic E-state index is 0.191. The topological polar surface area (TPSA) is 55.8 Å². The van der Waals surface area contributed by atoms with Crippen LogP contribution >= 0.6 is 0 Å². The Morgan fingerprint density at radius 3 is 2.56 bits per heavy atom. The van der Waals surface area contributed by atoms with Gasteiger partial charge in [0.15, 0.2) is 0 Å². The SMILES string of the molecule is CCC1CNCCN1C(C(=O)N1CCC(O)CC1)c1ccc(C)cc1. The third-order valence-corrected chi connectivity index (χ3v) is 5.60. The summed E-state index contributed by atoms with van der Waals surface area (Å²) in [4.78, 5) is 17.8. The molecule has 0 radical (unpaired) electrons. The quantitative estimate of drug-likeness (QED) is 0.872. The Kier molecular flexibility index (Phi) is 6.10. The van der Waals surface area contributed by atoms with Gasteiger partial charge >= 0.3 is 0 Å². The van der Waals surface area contributed by atoms with Gasteiger partial charge in [0.05, 0.1) is 6.10 Å². The lowest BCUT2D eigenvalue weighted by Crippen LogP contribution is -2.56. The maximum atomic E-state index is 13.4. The molecule has 2 aliphatic heterocycles. The van der Waals surface area contributed by atoms with Crippen molar-refractivity contribution in [1.29, 1.82) is 0 Å². The number of carbonyl (C=O) groups excluding carboxylic acids is 1. The number of carbonyl (C=O) groups is 1. The molecule has 2 atom stereocenters. The van der Waals surface area contributed by atoms with Crippen LogP contribution in [0.3, 0.4) is 0 Å². The number of hydrogen-bond acceptors (Lipinski definition) is 4. The normalized spacial score (nSPS) is 24.3. The predicted molar refractivity (Wildman–Crippen MR) is 99.4 cm³/mol.